The van der Waals surface area contributed by atoms with E-state index in [4.69, 9.17) is 11.6 Å². The summed E-state index contributed by atoms with van der Waals surface area (Å²) in [6, 6.07) is 5.08. The Labute approximate surface area is 112 Å². The normalized spacial score (nSPS) is 18.0. The third-order valence-corrected chi connectivity index (χ3v) is 3.82. The summed E-state index contributed by atoms with van der Waals surface area (Å²) in [6.45, 7) is 2.87. The zero-order valence-electron chi connectivity index (χ0n) is 10.5. The Morgan fingerprint density at radius 3 is 2.61 bits per heavy atom. The molecule has 2 rings (SSSR count). The Hall–Kier alpha value is -0.670. The SMILES string of the molecule is CC(F)(F)c1c(Cl)cccc1CC1CCNCC1. The maximum absolute atomic E-state index is 13.6. The molecular formula is C14H18ClF2N. The van der Waals surface area contributed by atoms with Crippen LogP contribution in [0.25, 0.3) is 0 Å². The monoisotopic (exact) mass is 273 g/mol. The summed E-state index contributed by atoms with van der Waals surface area (Å²) in [5.74, 6) is -2.40. The molecule has 1 heterocycles. The van der Waals surface area contributed by atoms with Crippen molar-refractivity contribution >= 4 is 11.6 Å². The molecule has 100 valence electrons. The zero-order chi connectivity index (χ0) is 13.2. The van der Waals surface area contributed by atoms with Crippen LogP contribution in [0.5, 0.6) is 0 Å². The highest BCUT2D eigenvalue weighted by molar-refractivity contribution is 6.31. The van der Waals surface area contributed by atoms with Gasteiger partial charge in [0, 0.05) is 12.5 Å². The molecule has 1 fully saturated rings. The van der Waals surface area contributed by atoms with Crippen LogP contribution in [0.3, 0.4) is 0 Å². The molecule has 0 spiro atoms. The van der Waals surface area contributed by atoms with Gasteiger partial charge in [0.15, 0.2) is 0 Å². The summed E-state index contributed by atoms with van der Waals surface area (Å²) < 4.78 is 27.3. The Bertz CT molecular complexity index is 409. The predicted octanol–water partition coefficient (Wildman–Crippen LogP) is 3.99. The third kappa shape index (κ3) is 3.21. The van der Waals surface area contributed by atoms with Crippen LogP contribution >= 0.6 is 11.6 Å². The summed E-state index contributed by atoms with van der Waals surface area (Å²) in [5.41, 5.74) is 0.701. The lowest BCUT2D eigenvalue weighted by Crippen LogP contribution is -2.29. The third-order valence-electron chi connectivity index (χ3n) is 3.51. The van der Waals surface area contributed by atoms with Crippen molar-refractivity contribution in [2.24, 2.45) is 5.92 Å². The van der Waals surface area contributed by atoms with Gasteiger partial charge in [0.1, 0.15) is 0 Å². The second-order valence-corrected chi connectivity index (χ2v) is 5.47. The molecule has 0 unspecified atom stereocenters. The minimum atomic E-state index is -2.87. The van der Waals surface area contributed by atoms with Gasteiger partial charge < -0.3 is 5.32 Å². The smallest absolute Gasteiger partial charge is 0.272 e. The number of hydrogen-bond donors (Lipinski definition) is 1. The predicted molar refractivity (Wildman–Crippen MR) is 70.3 cm³/mol. The van der Waals surface area contributed by atoms with Gasteiger partial charge in [-0.1, -0.05) is 23.7 Å². The van der Waals surface area contributed by atoms with E-state index in [2.05, 4.69) is 5.32 Å². The van der Waals surface area contributed by atoms with E-state index in [0.717, 1.165) is 32.9 Å². The largest absolute Gasteiger partial charge is 0.317 e. The van der Waals surface area contributed by atoms with Crippen molar-refractivity contribution in [2.75, 3.05) is 13.1 Å². The minimum absolute atomic E-state index is 0.00481. The summed E-state index contributed by atoms with van der Waals surface area (Å²) >= 11 is 5.94. The van der Waals surface area contributed by atoms with Gasteiger partial charge in [0.2, 0.25) is 0 Å². The topological polar surface area (TPSA) is 12.0 Å². The lowest BCUT2D eigenvalue weighted by molar-refractivity contribution is 0.0164. The van der Waals surface area contributed by atoms with Crippen LogP contribution in [0.15, 0.2) is 18.2 Å². The van der Waals surface area contributed by atoms with E-state index in [9.17, 15) is 8.78 Å². The highest BCUT2D eigenvalue weighted by Crippen LogP contribution is 2.37. The molecule has 0 aromatic heterocycles. The highest BCUT2D eigenvalue weighted by atomic mass is 35.5. The van der Waals surface area contributed by atoms with Crippen molar-refractivity contribution in [3.8, 4) is 0 Å². The molecule has 1 nitrogen and oxygen atoms in total. The van der Waals surface area contributed by atoms with Gasteiger partial charge in [-0.3, -0.25) is 0 Å². The fourth-order valence-electron chi connectivity index (χ4n) is 2.63. The van der Waals surface area contributed by atoms with Gasteiger partial charge in [0.05, 0.1) is 5.02 Å². The highest BCUT2D eigenvalue weighted by Gasteiger charge is 2.31. The second-order valence-electron chi connectivity index (χ2n) is 5.06. The van der Waals surface area contributed by atoms with Crippen molar-refractivity contribution < 1.29 is 8.78 Å². The minimum Gasteiger partial charge on any atom is -0.317 e. The molecule has 1 aromatic carbocycles. The summed E-state index contributed by atoms with van der Waals surface area (Å²) in [6.07, 6.45) is 2.78. The molecule has 0 atom stereocenters. The molecule has 1 aliphatic rings. The lowest BCUT2D eigenvalue weighted by Gasteiger charge is -2.25. The number of benzene rings is 1. The van der Waals surface area contributed by atoms with Crippen LogP contribution in [0.2, 0.25) is 5.02 Å². The number of nitrogens with one attached hydrogen (secondary N) is 1. The van der Waals surface area contributed by atoms with Gasteiger partial charge in [0.25, 0.3) is 5.92 Å². The fourth-order valence-corrected chi connectivity index (χ4v) is 2.99. The molecule has 4 heteroatoms. The average molecular weight is 274 g/mol. The van der Waals surface area contributed by atoms with Gasteiger partial charge >= 0.3 is 0 Å². The molecule has 1 saturated heterocycles. The molecule has 0 saturated carbocycles. The Balaban J connectivity index is 2.24. The maximum atomic E-state index is 13.6. The summed E-state index contributed by atoms with van der Waals surface area (Å²) in [7, 11) is 0. The van der Waals surface area contributed by atoms with Crippen LogP contribution in [-0.4, -0.2) is 13.1 Å². The molecule has 18 heavy (non-hydrogen) atoms. The summed E-state index contributed by atoms with van der Waals surface area (Å²) in [4.78, 5) is 0. The van der Waals surface area contributed by atoms with Gasteiger partial charge in [-0.25, -0.2) is 8.78 Å². The van der Waals surface area contributed by atoms with Gasteiger partial charge in [-0.15, -0.1) is 0 Å². The van der Waals surface area contributed by atoms with Crippen molar-refractivity contribution in [2.45, 2.75) is 32.1 Å². The molecule has 0 aliphatic carbocycles. The Morgan fingerprint density at radius 1 is 1.33 bits per heavy atom. The van der Waals surface area contributed by atoms with E-state index in [-0.39, 0.29) is 10.6 Å². The fraction of sp³-hybridized carbons (Fsp3) is 0.571. The molecule has 1 N–H and O–H groups in total. The molecule has 0 bridgehead atoms. The van der Waals surface area contributed by atoms with Crippen LogP contribution in [0, 0.1) is 5.92 Å². The average Bonchev–Trinajstić information content (AvgIpc) is 2.28. The van der Waals surface area contributed by atoms with Crippen molar-refractivity contribution in [1.82, 2.24) is 5.32 Å². The molecule has 1 aliphatic heterocycles. The number of hydrogen-bond acceptors (Lipinski definition) is 1. The standard InChI is InChI=1S/C14H18ClF2N/c1-14(16,17)13-11(3-2-4-12(13)15)9-10-5-7-18-8-6-10/h2-4,10,18H,5-9H2,1H3. The lowest BCUT2D eigenvalue weighted by atomic mass is 9.88. The number of halogens is 3. The Morgan fingerprint density at radius 2 is 2.00 bits per heavy atom. The van der Waals surface area contributed by atoms with Crippen LogP contribution in [-0.2, 0) is 12.3 Å². The molecule has 0 radical (unpaired) electrons. The molecule has 0 amide bonds. The van der Waals surface area contributed by atoms with Crippen LogP contribution < -0.4 is 5.32 Å². The van der Waals surface area contributed by atoms with Crippen LogP contribution in [0.4, 0.5) is 8.78 Å². The van der Waals surface area contributed by atoms with E-state index < -0.39 is 5.92 Å². The Kier molecular flexibility index (Phi) is 4.23. The van der Waals surface area contributed by atoms with Crippen molar-refractivity contribution in [1.29, 1.82) is 0 Å². The number of alkyl halides is 2. The second kappa shape index (κ2) is 5.54. The number of piperidine rings is 1. The quantitative estimate of drug-likeness (QED) is 0.878. The van der Waals surface area contributed by atoms with E-state index in [1.54, 1.807) is 18.2 Å². The molecule has 1 aromatic rings. The summed E-state index contributed by atoms with van der Waals surface area (Å²) in [5, 5.41) is 3.46. The number of rotatable bonds is 3. The zero-order valence-corrected chi connectivity index (χ0v) is 11.2. The van der Waals surface area contributed by atoms with Gasteiger partial charge in [-0.05, 0) is 49.9 Å². The van der Waals surface area contributed by atoms with E-state index in [1.807, 2.05) is 0 Å². The van der Waals surface area contributed by atoms with E-state index in [1.165, 1.54) is 0 Å². The first-order valence-electron chi connectivity index (χ1n) is 6.35. The maximum Gasteiger partial charge on any atom is 0.272 e. The first kappa shape index (κ1) is 13.8. The van der Waals surface area contributed by atoms with Gasteiger partial charge in [-0.2, -0.15) is 0 Å². The van der Waals surface area contributed by atoms with Crippen LogP contribution in [0.1, 0.15) is 30.9 Å². The molecular weight excluding hydrogens is 256 g/mol. The van der Waals surface area contributed by atoms with Crippen molar-refractivity contribution in [3.05, 3.63) is 34.3 Å². The first-order valence-corrected chi connectivity index (χ1v) is 6.72. The van der Waals surface area contributed by atoms with E-state index >= 15 is 0 Å². The van der Waals surface area contributed by atoms with E-state index in [0.29, 0.717) is 17.9 Å². The van der Waals surface area contributed by atoms with Crippen molar-refractivity contribution in [3.63, 3.8) is 0 Å². The first-order chi connectivity index (χ1) is 8.48.